The van der Waals surface area contributed by atoms with Gasteiger partial charge in [-0.25, -0.2) is 0 Å². The fourth-order valence-corrected chi connectivity index (χ4v) is 3.09. The number of pyridine rings is 1. The lowest BCUT2D eigenvalue weighted by Gasteiger charge is -2.17. The topological polar surface area (TPSA) is 74.3 Å². The van der Waals surface area contributed by atoms with Crippen LogP contribution in [-0.4, -0.2) is 29.9 Å². The maximum Gasteiger partial charge on any atom is 0.255 e. The van der Waals surface area contributed by atoms with Gasteiger partial charge in [0.25, 0.3) is 11.8 Å². The monoisotopic (exact) mass is 384 g/mol. The van der Waals surface area contributed by atoms with Crippen LogP contribution in [-0.2, 0) is 0 Å². The van der Waals surface area contributed by atoms with E-state index in [4.69, 9.17) is 0 Å². The molecule has 0 saturated carbocycles. The number of anilines is 3. The van der Waals surface area contributed by atoms with E-state index in [2.05, 4.69) is 32.7 Å². The van der Waals surface area contributed by atoms with Gasteiger partial charge in [0.15, 0.2) is 0 Å². The Kier molecular flexibility index (Phi) is 5.33. The third kappa shape index (κ3) is 4.50. The van der Waals surface area contributed by atoms with Gasteiger partial charge in [0.05, 0.1) is 0 Å². The number of hydrogen-bond acceptors (Lipinski definition) is 4. The highest BCUT2D eigenvalue weighted by Gasteiger charge is 2.12. The molecular formula is C23H20N4O2. The van der Waals surface area contributed by atoms with Crippen molar-refractivity contribution in [1.29, 1.82) is 0 Å². The fourth-order valence-electron chi connectivity index (χ4n) is 3.09. The molecule has 1 aliphatic rings. The fraction of sp³-hybridized carbons (Fsp3) is 0.0870. The molecule has 0 unspecified atom stereocenters. The lowest BCUT2D eigenvalue weighted by Crippen LogP contribution is -2.19. The summed E-state index contributed by atoms with van der Waals surface area (Å²) >= 11 is 0. The summed E-state index contributed by atoms with van der Waals surface area (Å²) in [7, 11) is 0. The van der Waals surface area contributed by atoms with Crippen LogP contribution in [0.15, 0.2) is 85.2 Å². The quantitative estimate of drug-likeness (QED) is 0.653. The molecule has 3 aromatic rings. The minimum atomic E-state index is -0.254. The summed E-state index contributed by atoms with van der Waals surface area (Å²) in [6.45, 7) is 1.78. The third-order valence-electron chi connectivity index (χ3n) is 4.63. The van der Waals surface area contributed by atoms with Crippen LogP contribution in [0.25, 0.3) is 0 Å². The van der Waals surface area contributed by atoms with E-state index >= 15 is 0 Å². The number of carbonyl (C=O) groups is 2. The molecule has 4 rings (SSSR count). The molecule has 0 aliphatic carbocycles. The highest BCUT2D eigenvalue weighted by molar-refractivity contribution is 6.07. The number of rotatable bonds is 5. The van der Waals surface area contributed by atoms with E-state index < -0.39 is 0 Å². The number of nitrogens with one attached hydrogen (secondary N) is 2. The van der Waals surface area contributed by atoms with E-state index in [1.54, 1.807) is 48.8 Å². The summed E-state index contributed by atoms with van der Waals surface area (Å²) in [4.78, 5) is 31.1. The number of benzene rings is 2. The van der Waals surface area contributed by atoms with E-state index in [0.717, 1.165) is 18.8 Å². The highest BCUT2D eigenvalue weighted by Crippen LogP contribution is 2.19. The molecule has 0 fully saturated rings. The van der Waals surface area contributed by atoms with Crippen molar-refractivity contribution in [1.82, 2.24) is 4.98 Å². The van der Waals surface area contributed by atoms with Gasteiger partial charge in [-0.2, -0.15) is 0 Å². The Balaban J connectivity index is 1.42. The van der Waals surface area contributed by atoms with Crippen LogP contribution < -0.4 is 15.5 Å². The Labute approximate surface area is 168 Å². The summed E-state index contributed by atoms with van der Waals surface area (Å²) in [5, 5.41) is 5.65. The molecule has 2 amide bonds. The molecule has 29 heavy (non-hydrogen) atoms. The van der Waals surface area contributed by atoms with E-state index in [0.29, 0.717) is 22.5 Å². The second-order valence-electron chi connectivity index (χ2n) is 6.65. The van der Waals surface area contributed by atoms with Gasteiger partial charge < -0.3 is 15.5 Å². The second kappa shape index (κ2) is 8.39. The Morgan fingerprint density at radius 1 is 0.759 bits per heavy atom. The molecule has 0 spiro atoms. The number of aromatic nitrogens is 1. The summed E-state index contributed by atoms with van der Waals surface area (Å²) in [5.41, 5.74) is 3.32. The average Bonchev–Trinajstić information content (AvgIpc) is 3.30. The summed E-state index contributed by atoms with van der Waals surface area (Å²) in [6.07, 6.45) is 7.46. The van der Waals surface area contributed by atoms with Crippen molar-refractivity contribution < 1.29 is 9.59 Å². The van der Waals surface area contributed by atoms with Gasteiger partial charge in [0.2, 0.25) is 0 Å². The van der Waals surface area contributed by atoms with Gasteiger partial charge in [-0.3, -0.25) is 14.6 Å². The van der Waals surface area contributed by atoms with Crippen molar-refractivity contribution in [3.63, 3.8) is 0 Å². The third-order valence-corrected chi connectivity index (χ3v) is 4.63. The molecule has 0 bridgehead atoms. The zero-order valence-electron chi connectivity index (χ0n) is 15.7. The summed E-state index contributed by atoms with van der Waals surface area (Å²) in [5.74, 6) is -0.473. The van der Waals surface area contributed by atoms with Gasteiger partial charge in [0, 0.05) is 53.7 Å². The van der Waals surface area contributed by atoms with Crippen LogP contribution in [0.1, 0.15) is 20.7 Å². The molecule has 0 saturated heterocycles. The van der Waals surface area contributed by atoms with Crippen molar-refractivity contribution in [2.24, 2.45) is 0 Å². The lowest BCUT2D eigenvalue weighted by molar-refractivity contribution is 0.101. The Hall–Kier alpha value is -3.93. The van der Waals surface area contributed by atoms with Crippen LogP contribution in [0.2, 0.25) is 0 Å². The number of hydrogen-bond donors (Lipinski definition) is 2. The van der Waals surface area contributed by atoms with Crippen LogP contribution in [0, 0.1) is 0 Å². The normalized spacial score (nSPS) is 12.6. The standard InChI is InChI=1S/C23H20N4O2/c28-22(17-6-8-21(9-7-17)27-14-1-2-15-27)26-20-5-3-4-18(16-20)23(29)25-19-10-12-24-13-11-19/h1-13,16H,14-15H2,(H,26,28)(H,24,25,29). The average molecular weight is 384 g/mol. The molecule has 1 aliphatic heterocycles. The van der Waals surface area contributed by atoms with Gasteiger partial charge in [-0.05, 0) is 54.6 Å². The molecule has 144 valence electrons. The first-order valence-electron chi connectivity index (χ1n) is 9.32. The molecule has 2 aromatic carbocycles. The Morgan fingerprint density at radius 3 is 2.14 bits per heavy atom. The van der Waals surface area contributed by atoms with Crippen molar-refractivity contribution >= 4 is 28.9 Å². The number of carbonyl (C=O) groups excluding carboxylic acids is 2. The predicted octanol–water partition coefficient (Wildman–Crippen LogP) is 3.96. The summed E-state index contributed by atoms with van der Waals surface area (Å²) < 4.78 is 0. The molecule has 1 aromatic heterocycles. The van der Waals surface area contributed by atoms with E-state index in [1.165, 1.54) is 0 Å². The molecular weight excluding hydrogens is 364 g/mol. The first kappa shape index (κ1) is 18.4. The van der Waals surface area contributed by atoms with Crippen LogP contribution in [0.5, 0.6) is 0 Å². The largest absolute Gasteiger partial charge is 0.364 e. The molecule has 2 heterocycles. The zero-order chi connectivity index (χ0) is 20.1. The van der Waals surface area contributed by atoms with Gasteiger partial charge in [-0.15, -0.1) is 0 Å². The first-order valence-corrected chi connectivity index (χ1v) is 9.32. The first-order chi connectivity index (χ1) is 14.2. The molecule has 0 atom stereocenters. The van der Waals surface area contributed by atoms with Crippen LogP contribution in [0.4, 0.5) is 17.1 Å². The number of nitrogens with zero attached hydrogens (tertiary/aromatic N) is 2. The van der Waals surface area contributed by atoms with E-state index in [-0.39, 0.29) is 11.8 Å². The van der Waals surface area contributed by atoms with Gasteiger partial charge in [-0.1, -0.05) is 18.2 Å². The van der Waals surface area contributed by atoms with E-state index in [1.807, 2.05) is 24.3 Å². The Bertz CT molecular complexity index is 1040. The van der Waals surface area contributed by atoms with Crippen molar-refractivity contribution in [2.75, 3.05) is 28.6 Å². The van der Waals surface area contributed by atoms with E-state index in [9.17, 15) is 9.59 Å². The maximum absolute atomic E-state index is 12.6. The van der Waals surface area contributed by atoms with Crippen LogP contribution >= 0.6 is 0 Å². The zero-order valence-corrected chi connectivity index (χ0v) is 15.7. The van der Waals surface area contributed by atoms with Crippen LogP contribution in [0.3, 0.4) is 0 Å². The van der Waals surface area contributed by atoms with Crippen molar-refractivity contribution in [3.05, 3.63) is 96.3 Å². The maximum atomic E-state index is 12.6. The SMILES string of the molecule is O=C(Nc1cccc(C(=O)Nc2ccncc2)c1)c1ccc(N2CC=CC2)cc1. The molecule has 6 heteroatoms. The summed E-state index contributed by atoms with van der Waals surface area (Å²) in [6, 6.07) is 17.8. The van der Waals surface area contributed by atoms with Crippen molar-refractivity contribution in [2.45, 2.75) is 0 Å². The minimum absolute atomic E-state index is 0.220. The molecule has 0 radical (unpaired) electrons. The van der Waals surface area contributed by atoms with Crippen molar-refractivity contribution in [3.8, 4) is 0 Å². The predicted molar refractivity (Wildman–Crippen MR) is 114 cm³/mol. The Morgan fingerprint density at radius 2 is 1.41 bits per heavy atom. The van der Waals surface area contributed by atoms with Gasteiger partial charge in [0.1, 0.15) is 0 Å². The second-order valence-corrected chi connectivity index (χ2v) is 6.65. The smallest absolute Gasteiger partial charge is 0.255 e. The molecule has 2 N–H and O–H groups in total. The minimum Gasteiger partial charge on any atom is -0.364 e. The highest BCUT2D eigenvalue weighted by atomic mass is 16.2. The number of amides is 2. The molecule has 6 nitrogen and oxygen atoms in total. The lowest BCUT2D eigenvalue weighted by atomic mass is 10.1. The van der Waals surface area contributed by atoms with Gasteiger partial charge >= 0.3 is 0 Å².